The molecular weight excluding hydrogens is 198 g/mol. The Morgan fingerprint density at radius 3 is 2.86 bits per heavy atom. The van der Waals surface area contributed by atoms with Gasteiger partial charge in [-0.3, -0.25) is 0 Å². The normalized spacial score (nSPS) is 10.4. The van der Waals surface area contributed by atoms with Crippen LogP contribution in [0.4, 0.5) is 0 Å². The van der Waals surface area contributed by atoms with Gasteiger partial charge in [-0.2, -0.15) is 4.98 Å². The van der Waals surface area contributed by atoms with Crippen molar-refractivity contribution in [2.75, 3.05) is 7.11 Å². The third kappa shape index (κ3) is 1.46. The second kappa shape index (κ2) is 3.34. The third-order valence-corrected chi connectivity index (χ3v) is 2.16. The van der Waals surface area contributed by atoms with Crippen molar-refractivity contribution in [3.63, 3.8) is 0 Å². The molecule has 0 bridgehead atoms. The highest BCUT2D eigenvalue weighted by atomic mass is 32.1. The van der Waals surface area contributed by atoms with Crippen LogP contribution in [-0.2, 0) is 0 Å². The number of H-pyrrole nitrogens is 1. The first-order valence-electron chi connectivity index (χ1n) is 4.12. The molecule has 0 fully saturated rings. The summed E-state index contributed by atoms with van der Waals surface area (Å²) in [4.78, 5) is 11.3. The Kier molecular flexibility index (Phi) is 2.17. The van der Waals surface area contributed by atoms with Crippen LogP contribution in [0.3, 0.4) is 0 Å². The largest absolute Gasteiger partial charge is 0.468 e. The molecule has 0 atom stereocenters. The van der Waals surface area contributed by atoms with Crippen LogP contribution in [0.5, 0.6) is 6.01 Å². The number of aromatic amines is 1. The molecule has 14 heavy (non-hydrogen) atoms. The van der Waals surface area contributed by atoms with Gasteiger partial charge < -0.3 is 9.72 Å². The first kappa shape index (κ1) is 9.08. The van der Waals surface area contributed by atoms with E-state index in [9.17, 15) is 0 Å². The van der Waals surface area contributed by atoms with Crippen LogP contribution in [0.2, 0.25) is 0 Å². The summed E-state index contributed by atoms with van der Waals surface area (Å²) >= 11 is 5.09. The number of rotatable bonds is 1. The molecule has 0 amide bonds. The number of nitrogens with zero attached hydrogens (tertiary/aromatic N) is 2. The third-order valence-electron chi connectivity index (χ3n) is 1.88. The topological polar surface area (TPSA) is 50.8 Å². The lowest BCUT2D eigenvalue weighted by Crippen LogP contribution is -1.95. The van der Waals surface area contributed by atoms with Gasteiger partial charge in [0.2, 0.25) is 0 Å². The van der Waals surface area contributed by atoms with Gasteiger partial charge in [0.15, 0.2) is 4.64 Å². The molecule has 0 aliphatic heterocycles. The zero-order valence-corrected chi connectivity index (χ0v) is 8.68. The van der Waals surface area contributed by atoms with E-state index in [-0.39, 0.29) is 0 Å². The first-order valence-corrected chi connectivity index (χ1v) is 4.53. The Bertz CT molecular complexity index is 535. The first-order chi connectivity index (χ1) is 6.70. The molecule has 72 valence electrons. The van der Waals surface area contributed by atoms with Crippen LogP contribution in [0, 0.1) is 11.6 Å². The van der Waals surface area contributed by atoms with Crippen LogP contribution >= 0.6 is 12.2 Å². The van der Waals surface area contributed by atoms with E-state index in [0.29, 0.717) is 16.2 Å². The van der Waals surface area contributed by atoms with E-state index < -0.39 is 0 Å². The number of aryl methyl sites for hydroxylation is 1. The van der Waals surface area contributed by atoms with E-state index in [1.807, 2.05) is 19.1 Å². The van der Waals surface area contributed by atoms with Crippen LogP contribution < -0.4 is 4.74 Å². The number of pyridine rings is 1. The Hall–Kier alpha value is -1.49. The molecule has 5 heteroatoms. The minimum atomic E-state index is 0.410. The average Bonchev–Trinajstić information content (AvgIpc) is 2.19. The summed E-state index contributed by atoms with van der Waals surface area (Å²) in [6.07, 6.45) is 0. The number of nitrogens with one attached hydrogen (secondary N) is 1. The van der Waals surface area contributed by atoms with Gasteiger partial charge in [0, 0.05) is 5.69 Å². The second-order valence-corrected chi connectivity index (χ2v) is 3.29. The van der Waals surface area contributed by atoms with Gasteiger partial charge >= 0.3 is 0 Å². The molecular formula is C9H9N3OS. The Labute approximate surface area is 86.0 Å². The van der Waals surface area contributed by atoms with Crippen LogP contribution in [0.1, 0.15) is 5.69 Å². The lowest BCUT2D eigenvalue weighted by atomic mass is 10.3. The van der Waals surface area contributed by atoms with Crippen LogP contribution in [0.25, 0.3) is 11.0 Å². The van der Waals surface area contributed by atoms with Gasteiger partial charge in [-0.05, 0) is 19.1 Å². The molecule has 1 N–H and O–H groups in total. The van der Waals surface area contributed by atoms with Crippen molar-refractivity contribution >= 4 is 23.3 Å². The number of ether oxygens (including phenoxy) is 1. The van der Waals surface area contributed by atoms with Crippen LogP contribution in [-0.4, -0.2) is 22.1 Å². The Morgan fingerprint density at radius 2 is 2.14 bits per heavy atom. The van der Waals surface area contributed by atoms with E-state index in [0.717, 1.165) is 11.2 Å². The molecule has 0 radical (unpaired) electrons. The minimum Gasteiger partial charge on any atom is -0.468 e. The summed E-state index contributed by atoms with van der Waals surface area (Å²) in [5.41, 5.74) is 2.47. The predicted octanol–water partition coefficient (Wildman–Crippen LogP) is 2.00. The van der Waals surface area contributed by atoms with E-state index in [1.165, 1.54) is 0 Å². The molecule has 2 rings (SSSR count). The van der Waals surface area contributed by atoms with Crippen molar-refractivity contribution in [1.29, 1.82) is 0 Å². The maximum atomic E-state index is 5.09. The summed E-state index contributed by atoms with van der Waals surface area (Å²) in [7, 11) is 1.54. The van der Waals surface area contributed by atoms with Crippen molar-refractivity contribution in [2.24, 2.45) is 0 Å². The monoisotopic (exact) mass is 207 g/mol. The summed E-state index contributed by atoms with van der Waals surface area (Å²) in [5, 5.41) is 0. The SMILES string of the molecule is COc1nc(=S)c2nc(C)ccc2[nH]1. The molecule has 2 aromatic rings. The van der Waals surface area contributed by atoms with Crippen molar-refractivity contribution in [3.05, 3.63) is 22.5 Å². The smallest absolute Gasteiger partial charge is 0.295 e. The molecule has 0 saturated carbocycles. The number of hydrogen-bond acceptors (Lipinski definition) is 4. The van der Waals surface area contributed by atoms with E-state index in [1.54, 1.807) is 7.11 Å². The van der Waals surface area contributed by atoms with E-state index in [2.05, 4.69) is 15.0 Å². The zero-order chi connectivity index (χ0) is 10.1. The molecule has 0 saturated heterocycles. The molecule has 4 nitrogen and oxygen atoms in total. The zero-order valence-electron chi connectivity index (χ0n) is 7.87. The lowest BCUT2D eigenvalue weighted by molar-refractivity contribution is 0.381. The van der Waals surface area contributed by atoms with Crippen LogP contribution in [0.15, 0.2) is 12.1 Å². The van der Waals surface area contributed by atoms with E-state index in [4.69, 9.17) is 17.0 Å². The highest BCUT2D eigenvalue weighted by molar-refractivity contribution is 7.71. The molecule has 0 aliphatic carbocycles. The second-order valence-electron chi connectivity index (χ2n) is 2.90. The fraction of sp³-hybridized carbons (Fsp3) is 0.222. The average molecular weight is 207 g/mol. The molecule has 2 heterocycles. The number of aromatic nitrogens is 3. The molecule has 0 spiro atoms. The fourth-order valence-electron chi connectivity index (χ4n) is 1.21. The van der Waals surface area contributed by atoms with Crippen molar-refractivity contribution < 1.29 is 4.74 Å². The quantitative estimate of drug-likeness (QED) is 0.727. The lowest BCUT2D eigenvalue weighted by Gasteiger charge is -2.02. The Balaban J connectivity index is 2.83. The number of fused-ring (bicyclic) bond motifs is 1. The molecule has 0 unspecified atom stereocenters. The fourth-order valence-corrected chi connectivity index (χ4v) is 1.44. The number of hydrogen-bond donors (Lipinski definition) is 1. The van der Waals surface area contributed by atoms with Gasteiger partial charge in [0.05, 0.1) is 12.6 Å². The summed E-state index contributed by atoms with van der Waals surface area (Å²) in [5.74, 6) is 0. The highest BCUT2D eigenvalue weighted by Crippen LogP contribution is 2.13. The maximum absolute atomic E-state index is 5.09. The van der Waals surface area contributed by atoms with Crippen molar-refractivity contribution in [3.8, 4) is 6.01 Å². The highest BCUT2D eigenvalue weighted by Gasteiger charge is 2.01. The summed E-state index contributed by atoms with van der Waals surface area (Å²) in [6, 6.07) is 4.23. The Morgan fingerprint density at radius 1 is 1.36 bits per heavy atom. The van der Waals surface area contributed by atoms with Gasteiger partial charge in [-0.1, -0.05) is 12.2 Å². The maximum Gasteiger partial charge on any atom is 0.295 e. The standard InChI is InChI=1S/C9H9N3OS/c1-5-3-4-6-7(10-5)8(14)12-9(11-6)13-2/h3-4H,1-2H3,(H,11,12,14). The summed E-state index contributed by atoms with van der Waals surface area (Å²) < 4.78 is 5.43. The number of methoxy groups -OCH3 is 1. The molecule has 0 aromatic carbocycles. The van der Waals surface area contributed by atoms with Gasteiger partial charge in [-0.25, -0.2) is 4.98 Å². The molecule has 0 aliphatic rings. The molecule has 2 aromatic heterocycles. The summed E-state index contributed by atoms with van der Waals surface area (Å²) in [6.45, 7) is 1.92. The van der Waals surface area contributed by atoms with Gasteiger partial charge in [0.25, 0.3) is 6.01 Å². The van der Waals surface area contributed by atoms with E-state index >= 15 is 0 Å². The predicted molar refractivity (Wildman–Crippen MR) is 56.0 cm³/mol. The minimum absolute atomic E-state index is 0.410. The van der Waals surface area contributed by atoms with Crippen molar-refractivity contribution in [2.45, 2.75) is 6.92 Å². The van der Waals surface area contributed by atoms with Crippen molar-refractivity contribution in [1.82, 2.24) is 15.0 Å². The van der Waals surface area contributed by atoms with Gasteiger partial charge in [0.1, 0.15) is 5.52 Å². The van der Waals surface area contributed by atoms with Gasteiger partial charge in [-0.15, -0.1) is 0 Å².